The van der Waals surface area contributed by atoms with Gasteiger partial charge in [0, 0.05) is 30.4 Å². The maximum Gasteiger partial charge on any atom is 0.191 e. The number of nitriles is 1. The molecule has 0 aromatic heterocycles. The number of aliphatic imine (C=N–C) groups is 1. The van der Waals surface area contributed by atoms with Gasteiger partial charge >= 0.3 is 0 Å². The van der Waals surface area contributed by atoms with Gasteiger partial charge in [-0.1, -0.05) is 6.07 Å². The number of halogens is 2. The van der Waals surface area contributed by atoms with Crippen molar-refractivity contribution in [3.8, 4) is 6.07 Å². The van der Waals surface area contributed by atoms with E-state index in [0.29, 0.717) is 23.6 Å². The number of rotatable bonds is 4. The van der Waals surface area contributed by atoms with Crippen molar-refractivity contribution in [2.75, 3.05) is 19.3 Å². The van der Waals surface area contributed by atoms with Crippen LogP contribution in [-0.4, -0.2) is 30.1 Å². The van der Waals surface area contributed by atoms with Crippen molar-refractivity contribution < 1.29 is 4.39 Å². The lowest BCUT2D eigenvalue weighted by Crippen LogP contribution is -2.43. The molecule has 0 bridgehead atoms. The Bertz CT molecular complexity index is 594. The maximum atomic E-state index is 13.8. The monoisotopic (exact) mass is 448 g/mol. The molecule has 0 radical (unpaired) electrons. The van der Waals surface area contributed by atoms with Crippen LogP contribution in [0, 0.1) is 17.1 Å². The number of hydrogen-bond acceptors (Lipinski definition) is 3. The molecule has 23 heavy (non-hydrogen) atoms. The van der Waals surface area contributed by atoms with Crippen molar-refractivity contribution >= 4 is 41.7 Å². The summed E-state index contributed by atoms with van der Waals surface area (Å²) in [6, 6.07) is 6.43. The smallest absolute Gasteiger partial charge is 0.191 e. The molecule has 0 amide bonds. The predicted molar refractivity (Wildman–Crippen MR) is 105 cm³/mol. The number of benzene rings is 1. The maximum absolute atomic E-state index is 13.8. The highest BCUT2D eigenvalue weighted by Crippen LogP contribution is 2.36. The molecule has 126 valence electrons. The van der Waals surface area contributed by atoms with Gasteiger partial charge in [0.1, 0.15) is 5.82 Å². The summed E-state index contributed by atoms with van der Waals surface area (Å²) in [6.07, 6.45) is 2.46. The van der Waals surface area contributed by atoms with Gasteiger partial charge in [-0.3, -0.25) is 4.99 Å². The molecule has 0 spiro atoms. The molecule has 0 saturated carbocycles. The number of nitrogens with zero attached hydrogens (tertiary/aromatic N) is 2. The lowest BCUT2D eigenvalue weighted by Gasteiger charge is -2.24. The first kappa shape index (κ1) is 20.0. The normalized spacial score (nSPS) is 20.5. The average molecular weight is 448 g/mol. The molecular weight excluding hydrogens is 426 g/mol. The van der Waals surface area contributed by atoms with Gasteiger partial charge in [0.15, 0.2) is 5.96 Å². The van der Waals surface area contributed by atoms with Crippen LogP contribution >= 0.6 is 35.7 Å². The van der Waals surface area contributed by atoms with Gasteiger partial charge < -0.3 is 10.6 Å². The fraction of sp³-hybridized carbons (Fsp3) is 0.500. The molecule has 2 rings (SSSR count). The molecule has 1 aliphatic heterocycles. The Hall–Kier alpha value is -1.01. The SMILES string of the molecule is CN=C(NCc1ccc(C#N)cc1F)NCC1(C)CCCS1.I. The van der Waals surface area contributed by atoms with Crippen LogP contribution < -0.4 is 10.6 Å². The van der Waals surface area contributed by atoms with Crippen LogP contribution in [0.3, 0.4) is 0 Å². The fourth-order valence-corrected chi connectivity index (χ4v) is 3.65. The Balaban J connectivity index is 0.00000264. The summed E-state index contributed by atoms with van der Waals surface area (Å²) in [5.74, 6) is 1.50. The van der Waals surface area contributed by atoms with Crippen molar-refractivity contribution in [1.29, 1.82) is 5.26 Å². The van der Waals surface area contributed by atoms with Crippen LogP contribution in [0.25, 0.3) is 0 Å². The third-order valence-corrected chi connectivity index (χ3v) is 5.32. The molecule has 2 N–H and O–H groups in total. The largest absolute Gasteiger partial charge is 0.355 e. The third kappa shape index (κ3) is 5.84. The molecule has 1 aromatic rings. The molecule has 1 saturated heterocycles. The molecule has 4 nitrogen and oxygen atoms in total. The van der Waals surface area contributed by atoms with Gasteiger partial charge in [0.2, 0.25) is 0 Å². The first-order valence-electron chi connectivity index (χ1n) is 7.33. The van der Waals surface area contributed by atoms with E-state index in [1.165, 1.54) is 24.7 Å². The molecule has 1 aliphatic rings. The van der Waals surface area contributed by atoms with E-state index in [0.717, 1.165) is 6.54 Å². The quantitative estimate of drug-likeness (QED) is 0.422. The predicted octanol–water partition coefficient (Wildman–Crippen LogP) is 3.27. The molecule has 1 heterocycles. The summed E-state index contributed by atoms with van der Waals surface area (Å²) in [5, 5.41) is 15.2. The van der Waals surface area contributed by atoms with Gasteiger partial charge in [-0.05, 0) is 37.7 Å². The second-order valence-electron chi connectivity index (χ2n) is 5.60. The van der Waals surface area contributed by atoms with Gasteiger partial charge in [-0.2, -0.15) is 17.0 Å². The van der Waals surface area contributed by atoms with E-state index in [1.54, 1.807) is 19.2 Å². The molecule has 1 unspecified atom stereocenters. The fourth-order valence-electron chi connectivity index (χ4n) is 2.41. The van der Waals surface area contributed by atoms with Crippen LogP contribution in [-0.2, 0) is 6.54 Å². The van der Waals surface area contributed by atoms with E-state index in [9.17, 15) is 4.39 Å². The second-order valence-corrected chi connectivity index (χ2v) is 7.28. The Labute approximate surface area is 158 Å². The van der Waals surface area contributed by atoms with Crippen LogP contribution in [0.2, 0.25) is 0 Å². The summed E-state index contributed by atoms with van der Waals surface area (Å²) in [5.41, 5.74) is 0.846. The summed E-state index contributed by atoms with van der Waals surface area (Å²) in [4.78, 5) is 4.17. The lowest BCUT2D eigenvalue weighted by molar-refractivity contribution is 0.580. The summed E-state index contributed by atoms with van der Waals surface area (Å²) < 4.78 is 14.1. The minimum Gasteiger partial charge on any atom is -0.355 e. The lowest BCUT2D eigenvalue weighted by atomic mass is 10.1. The van der Waals surface area contributed by atoms with Gasteiger partial charge in [-0.25, -0.2) is 4.39 Å². The Morgan fingerprint density at radius 2 is 2.26 bits per heavy atom. The zero-order valence-corrected chi connectivity index (χ0v) is 16.5. The van der Waals surface area contributed by atoms with E-state index in [1.807, 2.05) is 17.8 Å². The van der Waals surface area contributed by atoms with E-state index in [-0.39, 0.29) is 34.5 Å². The van der Waals surface area contributed by atoms with Crippen molar-refractivity contribution in [1.82, 2.24) is 10.6 Å². The van der Waals surface area contributed by atoms with E-state index >= 15 is 0 Å². The summed E-state index contributed by atoms with van der Waals surface area (Å²) in [7, 11) is 1.70. The van der Waals surface area contributed by atoms with Crippen molar-refractivity contribution in [3.63, 3.8) is 0 Å². The summed E-state index contributed by atoms with van der Waals surface area (Å²) in [6.45, 7) is 3.43. The third-order valence-electron chi connectivity index (χ3n) is 3.78. The molecule has 7 heteroatoms. The topological polar surface area (TPSA) is 60.2 Å². The Kier molecular flexibility index (Phi) is 8.12. The minimum absolute atomic E-state index is 0. The molecule has 1 fully saturated rings. The molecular formula is C16H22FIN4S. The Morgan fingerprint density at radius 3 is 2.83 bits per heavy atom. The molecule has 0 aliphatic carbocycles. The highest BCUT2D eigenvalue weighted by molar-refractivity contribution is 14.0. The van der Waals surface area contributed by atoms with Gasteiger partial charge in [-0.15, -0.1) is 24.0 Å². The highest BCUT2D eigenvalue weighted by Gasteiger charge is 2.29. The van der Waals surface area contributed by atoms with E-state index in [2.05, 4.69) is 22.5 Å². The highest BCUT2D eigenvalue weighted by atomic mass is 127. The van der Waals surface area contributed by atoms with E-state index in [4.69, 9.17) is 5.26 Å². The molecule has 1 atom stereocenters. The zero-order chi connectivity index (χ0) is 16.0. The van der Waals surface area contributed by atoms with Crippen LogP contribution in [0.1, 0.15) is 30.9 Å². The van der Waals surface area contributed by atoms with Gasteiger partial charge in [0.05, 0.1) is 11.6 Å². The molecule has 1 aromatic carbocycles. The van der Waals surface area contributed by atoms with Crippen molar-refractivity contribution in [2.45, 2.75) is 31.1 Å². The average Bonchev–Trinajstić information content (AvgIpc) is 2.95. The Morgan fingerprint density at radius 1 is 1.48 bits per heavy atom. The van der Waals surface area contributed by atoms with Crippen LogP contribution in [0.15, 0.2) is 23.2 Å². The van der Waals surface area contributed by atoms with Crippen molar-refractivity contribution in [3.05, 3.63) is 35.1 Å². The first-order valence-corrected chi connectivity index (χ1v) is 8.32. The zero-order valence-electron chi connectivity index (χ0n) is 13.4. The van der Waals surface area contributed by atoms with Crippen molar-refractivity contribution in [2.24, 2.45) is 4.99 Å². The van der Waals surface area contributed by atoms with Crippen LogP contribution in [0.4, 0.5) is 4.39 Å². The minimum atomic E-state index is -0.375. The van der Waals surface area contributed by atoms with Crippen LogP contribution in [0.5, 0.6) is 0 Å². The standard InChI is InChI=1S/C16H21FN4S.HI/c1-16(6-3-7-22-16)11-21-15(19-2)20-10-13-5-4-12(9-18)8-14(13)17;/h4-5,8H,3,6-7,10-11H2,1-2H3,(H2,19,20,21);1H. The van der Waals surface area contributed by atoms with E-state index < -0.39 is 0 Å². The second kappa shape index (κ2) is 9.33. The van der Waals surface area contributed by atoms with Gasteiger partial charge in [0.25, 0.3) is 0 Å². The number of guanidine groups is 1. The first-order chi connectivity index (χ1) is 10.6. The summed E-state index contributed by atoms with van der Waals surface area (Å²) >= 11 is 1.98. The number of nitrogens with one attached hydrogen (secondary N) is 2. The number of hydrogen-bond donors (Lipinski definition) is 2. The number of thioether (sulfide) groups is 1.